The van der Waals surface area contributed by atoms with Gasteiger partial charge in [-0.05, 0) is 35.9 Å². The smallest absolute Gasteiger partial charge is 0.0406 e. The van der Waals surface area contributed by atoms with Crippen molar-refractivity contribution in [3.05, 3.63) is 46.6 Å². The van der Waals surface area contributed by atoms with E-state index < -0.39 is 0 Å². The van der Waals surface area contributed by atoms with E-state index in [1.165, 1.54) is 11.1 Å². The van der Waals surface area contributed by atoms with Gasteiger partial charge in [-0.1, -0.05) is 23.7 Å². The maximum atomic E-state index is 5.88. The summed E-state index contributed by atoms with van der Waals surface area (Å²) < 4.78 is 0. The quantitative estimate of drug-likeness (QED) is 0.818. The summed E-state index contributed by atoms with van der Waals surface area (Å²) in [5, 5.41) is 7.71. The normalized spacial score (nSPS) is 27.4. The highest BCUT2D eigenvalue weighted by atomic mass is 35.5. The molecule has 0 spiro atoms. The van der Waals surface area contributed by atoms with Gasteiger partial charge in [-0.15, -0.1) is 0 Å². The largest absolute Gasteiger partial charge is 0.390 e. The predicted molar refractivity (Wildman–Crippen MR) is 66.5 cm³/mol. The summed E-state index contributed by atoms with van der Waals surface area (Å²) in [6, 6.07) is 8.65. The zero-order valence-corrected chi connectivity index (χ0v) is 9.80. The third kappa shape index (κ3) is 1.83. The first-order valence-electron chi connectivity index (χ1n) is 5.74. The van der Waals surface area contributed by atoms with Crippen LogP contribution in [0.15, 0.2) is 36.0 Å². The van der Waals surface area contributed by atoms with Crippen molar-refractivity contribution in [2.24, 2.45) is 5.92 Å². The number of nitrogens with one attached hydrogen (secondary N) is 2. The summed E-state index contributed by atoms with van der Waals surface area (Å²) >= 11 is 5.88. The second-order valence-corrected chi connectivity index (χ2v) is 4.98. The highest BCUT2D eigenvalue weighted by Gasteiger charge is 2.32. The Hall–Kier alpha value is -0.990. The van der Waals surface area contributed by atoms with Gasteiger partial charge in [0, 0.05) is 30.1 Å². The zero-order chi connectivity index (χ0) is 11.0. The summed E-state index contributed by atoms with van der Waals surface area (Å²) in [7, 11) is 0. The monoisotopic (exact) mass is 234 g/mol. The molecule has 2 heterocycles. The Morgan fingerprint density at radius 3 is 2.81 bits per heavy atom. The van der Waals surface area contributed by atoms with Crippen LogP contribution in [0, 0.1) is 5.92 Å². The molecule has 2 atom stereocenters. The average Bonchev–Trinajstić information content (AvgIpc) is 2.86. The van der Waals surface area contributed by atoms with Crippen LogP contribution >= 0.6 is 11.6 Å². The van der Waals surface area contributed by atoms with Crippen LogP contribution in [0.1, 0.15) is 5.56 Å². The van der Waals surface area contributed by atoms with Crippen molar-refractivity contribution < 1.29 is 0 Å². The van der Waals surface area contributed by atoms with Crippen molar-refractivity contribution in [3.63, 3.8) is 0 Å². The lowest BCUT2D eigenvalue weighted by Gasteiger charge is -2.12. The molecule has 2 nitrogen and oxygen atoms in total. The van der Waals surface area contributed by atoms with Gasteiger partial charge in [0.1, 0.15) is 0 Å². The first kappa shape index (κ1) is 10.2. The molecule has 2 unspecified atom stereocenters. The molecule has 1 fully saturated rings. The molecule has 16 heavy (non-hydrogen) atoms. The molecule has 3 rings (SSSR count). The molecule has 2 aliphatic heterocycles. The Morgan fingerprint density at radius 1 is 1.19 bits per heavy atom. The maximum absolute atomic E-state index is 5.88. The van der Waals surface area contributed by atoms with Gasteiger partial charge in [0.2, 0.25) is 0 Å². The summed E-state index contributed by atoms with van der Waals surface area (Å²) in [6.07, 6.45) is 3.24. The van der Waals surface area contributed by atoms with Gasteiger partial charge in [-0.3, -0.25) is 0 Å². The summed E-state index contributed by atoms with van der Waals surface area (Å²) in [5.74, 6) is 0.706. The molecule has 2 N–H and O–H groups in total. The Morgan fingerprint density at radius 2 is 2.00 bits per heavy atom. The number of halogens is 1. The van der Waals surface area contributed by atoms with E-state index in [-0.39, 0.29) is 0 Å². The second-order valence-electron chi connectivity index (χ2n) is 4.54. The SMILES string of the molecule is Clc1ccc(CC2NCC3CNC=C32)cc1. The van der Waals surface area contributed by atoms with Crippen LogP contribution in [0.4, 0.5) is 0 Å². The van der Waals surface area contributed by atoms with Crippen molar-refractivity contribution in [1.29, 1.82) is 0 Å². The van der Waals surface area contributed by atoms with Crippen LogP contribution in [0.2, 0.25) is 5.02 Å². The number of hydrogen-bond donors (Lipinski definition) is 2. The van der Waals surface area contributed by atoms with Crippen molar-refractivity contribution in [1.82, 2.24) is 10.6 Å². The minimum Gasteiger partial charge on any atom is -0.390 e. The average molecular weight is 235 g/mol. The minimum absolute atomic E-state index is 0.501. The third-order valence-corrected chi connectivity index (χ3v) is 3.72. The topological polar surface area (TPSA) is 24.1 Å². The molecule has 0 aromatic heterocycles. The Labute approximate surface area is 101 Å². The highest BCUT2D eigenvalue weighted by molar-refractivity contribution is 6.30. The van der Waals surface area contributed by atoms with E-state index >= 15 is 0 Å². The summed E-state index contributed by atoms with van der Waals surface area (Å²) in [6.45, 7) is 2.20. The van der Waals surface area contributed by atoms with Crippen LogP contribution < -0.4 is 10.6 Å². The molecule has 0 radical (unpaired) electrons. The van der Waals surface area contributed by atoms with Crippen LogP contribution in [-0.4, -0.2) is 19.1 Å². The number of benzene rings is 1. The van der Waals surface area contributed by atoms with Gasteiger partial charge in [0.15, 0.2) is 0 Å². The Bertz CT molecular complexity index is 410. The van der Waals surface area contributed by atoms with E-state index in [4.69, 9.17) is 11.6 Å². The molecule has 0 aliphatic carbocycles. The van der Waals surface area contributed by atoms with Gasteiger partial charge < -0.3 is 10.6 Å². The highest BCUT2D eigenvalue weighted by Crippen LogP contribution is 2.26. The Kier molecular flexibility index (Phi) is 2.62. The maximum Gasteiger partial charge on any atom is 0.0406 e. The molecule has 1 aromatic carbocycles. The van der Waals surface area contributed by atoms with Gasteiger partial charge in [0.25, 0.3) is 0 Å². The molecule has 3 heteroatoms. The fourth-order valence-corrected chi connectivity index (χ4v) is 2.70. The first-order chi connectivity index (χ1) is 7.83. The zero-order valence-electron chi connectivity index (χ0n) is 9.04. The fraction of sp³-hybridized carbons (Fsp3) is 0.385. The molecule has 1 saturated heterocycles. The van der Waals surface area contributed by atoms with Crippen LogP contribution in [0.5, 0.6) is 0 Å². The van der Waals surface area contributed by atoms with Gasteiger partial charge in [0.05, 0.1) is 0 Å². The lowest BCUT2D eigenvalue weighted by molar-refractivity contribution is 0.620. The Balaban J connectivity index is 1.73. The number of hydrogen-bond acceptors (Lipinski definition) is 2. The number of fused-ring (bicyclic) bond motifs is 1. The lowest BCUT2D eigenvalue weighted by Crippen LogP contribution is -2.26. The van der Waals surface area contributed by atoms with E-state index in [1.807, 2.05) is 12.1 Å². The summed E-state index contributed by atoms with van der Waals surface area (Å²) in [4.78, 5) is 0. The van der Waals surface area contributed by atoms with Gasteiger partial charge in [-0.2, -0.15) is 0 Å². The third-order valence-electron chi connectivity index (χ3n) is 3.47. The van der Waals surface area contributed by atoms with Crippen molar-refractivity contribution >= 4 is 11.6 Å². The molecule has 2 aliphatic rings. The van der Waals surface area contributed by atoms with E-state index in [1.54, 1.807) is 0 Å². The fourth-order valence-electron chi connectivity index (χ4n) is 2.58. The van der Waals surface area contributed by atoms with Crippen LogP contribution in [-0.2, 0) is 6.42 Å². The first-order valence-corrected chi connectivity index (χ1v) is 6.12. The minimum atomic E-state index is 0.501. The van der Waals surface area contributed by atoms with Crippen molar-refractivity contribution in [2.75, 3.05) is 13.1 Å². The van der Waals surface area contributed by atoms with Crippen molar-refractivity contribution in [3.8, 4) is 0 Å². The van der Waals surface area contributed by atoms with Crippen LogP contribution in [0.25, 0.3) is 0 Å². The predicted octanol–water partition coefficient (Wildman–Crippen LogP) is 1.96. The van der Waals surface area contributed by atoms with E-state index in [2.05, 4.69) is 29.0 Å². The summed E-state index contributed by atoms with van der Waals surface area (Å²) in [5.41, 5.74) is 2.88. The molecule has 0 bridgehead atoms. The molecular weight excluding hydrogens is 220 g/mol. The molecule has 0 amide bonds. The molecule has 0 saturated carbocycles. The molecular formula is C13H15ClN2. The van der Waals surface area contributed by atoms with Crippen LogP contribution in [0.3, 0.4) is 0 Å². The standard InChI is InChI=1S/C13H15ClN2/c14-11-3-1-9(2-4-11)5-13-12-8-15-6-10(12)7-16-13/h1-4,8,10,13,15-16H,5-7H2. The number of rotatable bonds is 2. The lowest BCUT2D eigenvalue weighted by atomic mass is 9.96. The van der Waals surface area contributed by atoms with Crippen molar-refractivity contribution in [2.45, 2.75) is 12.5 Å². The molecule has 84 valence electrons. The second kappa shape index (κ2) is 4.11. The van der Waals surface area contributed by atoms with Gasteiger partial charge in [-0.25, -0.2) is 0 Å². The molecule has 1 aromatic rings. The van der Waals surface area contributed by atoms with E-state index in [9.17, 15) is 0 Å². The van der Waals surface area contributed by atoms with E-state index in [0.29, 0.717) is 12.0 Å². The van der Waals surface area contributed by atoms with E-state index in [0.717, 1.165) is 24.5 Å². The van der Waals surface area contributed by atoms with Gasteiger partial charge >= 0.3 is 0 Å².